The second kappa shape index (κ2) is 6.10. The van der Waals surface area contributed by atoms with Crippen molar-refractivity contribution < 1.29 is 0 Å². The molecule has 1 aliphatic heterocycles. The first-order valence-corrected chi connectivity index (χ1v) is 7.36. The van der Waals surface area contributed by atoms with Crippen molar-refractivity contribution in [1.82, 2.24) is 5.32 Å². The first-order valence-electron chi connectivity index (χ1n) is 6.38. The number of benzene rings is 1. The van der Waals surface area contributed by atoms with E-state index in [1.165, 1.54) is 16.9 Å². The van der Waals surface area contributed by atoms with Gasteiger partial charge in [0.15, 0.2) is 0 Å². The number of aliphatic imine (C=N–C) groups is 1. The zero-order valence-electron chi connectivity index (χ0n) is 10.6. The molecule has 1 aromatic carbocycles. The quantitative estimate of drug-likeness (QED) is 0.827. The number of nitrogens with one attached hydrogen (secondary N) is 1. The Balaban J connectivity index is 2.24. The Kier molecular flexibility index (Phi) is 4.49. The molecule has 17 heavy (non-hydrogen) atoms. The van der Waals surface area contributed by atoms with Gasteiger partial charge in [0.25, 0.3) is 0 Å². The van der Waals surface area contributed by atoms with E-state index < -0.39 is 0 Å². The van der Waals surface area contributed by atoms with Gasteiger partial charge in [-0.3, -0.25) is 4.99 Å². The third-order valence-corrected chi connectivity index (χ3v) is 3.98. The molecule has 1 aromatic rings. The third kappa shape index (κ3) is 3.03. The Morgan fingerprint density at radius 1 is 1.35 bits per heavy atom. The lowest BCUT2D eigenvalue weighted by Gasteiger charge is -2.24. The van der Waals surface area contributed by atoms with E-state index >= 15 is 0 Å². The van der Waals surface area contributed by atoms with Gasteiger partial charge in [-0.25, -0.2) is 0 Å². The normalized spacial score (nSPS) is 19.6. The minimum atomic E-state index is 0.585. The molecule has 0 aliphatic carbocycles. The summed E-state index contributed by atoms with van der Waals surface area (Å²) in [4.78, 5) is 5.96. The molecule has 0 aromatic heterocycles. The summed E-state index contributed by atoms with van der Waals surface area (Å²) in [5, 5.41) is 3.55. The SMILES string of the molecule is CCSc1ccccc1C1=NCCC(CC)N1. The van der Waals surface area contributed by atoms with Crippen LogP contribution in [0.15, 0.2) is 34.2 Å². The number of rotatable bonds is 4. The van der Waals surface area contributed by atoms with Crippen molar-refractivity contribution in [2.45, 2.75) is 37.6 Å². The highest BCUT2D eigenvalue weighted by atomic mass is 32.2. The van der Waals surface area contributed by atoms with E-state index in [2.05, 4.69) is 48.4 Å². The largest absolute Gasteiger partial charge is 0.367 e. The molecule has 2 nitrogen and oxygen atoms in total. The van der Waals surface area contributed by atoms with Crippen molar-refractivity contribution in [2.24, 2.45) is 4.99 Å². The summed E-state index contributed by atoms with van der Waals surface area (Å²) < 4.78 is 0. The number of thioether (sulfide) groups is 1. The van der Waals surface area contributed by atoms with E-state index in [0.29, 0.717) is 6.04 Å². The Bertz CT molecular complexity index is 401. The zero-order chi connectivity index (χ0) is 12.1. The highest BCUT2D eigenvalue weighted by molar-refractivity contribution is 7.99. The van der Waals surface area contributed by atoms with Gasteiger partial charge in [-0.2, -0.15) is 0 Å². The van der Waals surface area contributed by atoms with Crippen LogP contribution in [0.3, 0.4) is 0 Å². The monoisotopic (exact) mass is 248 g/mol. The minimum absolute atomic E-state index is 0.585. The molecule has 0 fully saturated rings. The number of amidine groups is 1. The maximum atomic E-state index is 4.63. The van der Waals surface area contributed by atoms with Crippen LogP contribution in [0.1, 0.15) is 32.3 Å². The summed E-state index contributed by atoms with van der Waals surface area (Å²) in [5.74, 6) is 2.18. The van der Waals surface area contributed by atoms with E-state index in [1.807, 2.05) is 11.8 Å². The van der Waals surface area contributed by atoms with E-state index in [0.717, 1.165) is 24.6 Å². The van der Waals surface area contributed by atoms with Crippen molar-refractivity contribution in [3.05, 3.63) is 29.8 Å². The lowest BCUT2D eigenvalue weighted by molar-refractivity contribution is 0.530. The van der Waals surface area contributed by atoms with Crippen LogP contribution in [0.4, 0.5) is 0 Å². The Hall–Kier alpha value is -0.960. The van der Waals surface area contributed by atoms with E-state index in [9.17, 15) is 0 Å². The molecule has 1 heterocycles. The minimum Gasteiger partial charge on any atom is -0.367 e. The second-order valence-corrected chi connectivity index (χ2v) is 5.50. The molecule has 0 radical (unpaired) electrons. The molecule has 3 heteroatoms. The smallest absolute Gasteiger partial charge is 0.129 e. The number of nitrogens with zero attached hydrogens (tertiary/aromatic N) is 1. The van der Waals surface area contributed by atoms with Crippen LogP contribution in [0.5, 0.6) is 0 Å². The number of hydrogen-bond acceptors (Lipinski definition) is 3. The molecule has 0 saturated carbocycles. The summed E-state index contributed by atoms with van der Waals surface area (Å²) in [6, 6.07) is 9.13. The molecule has 0 amide bonds. The Labute approximate surface area is 108 Å². The topological polar surface area (TPSA) is 24.4 Å². The summed E-state index contributed by atoms with van der Waals surface area (Å²) in [6.07, 6.45) is 2.32. The fourth-order valence-corrected chi connectivity index (χ4v) is 2.86. The lowest BCUT2D eigenvalue weighted by Crippen LogP contribution is -2.39. The average molecular weight is 248 g/mol. The number of hydrogen-bond donors (Lipinski definition) is 1. The van der Waals surface area contributed by atoms with Crippen LogP contribution in [0.2, 0.25) is 0 Å². The third-order valence-electron chi connectivity index (χ3n) is 3.02. The Morgan fingerprint density at radius 2 is 2.18 bits per heavy atom. The van der Waals surface area contributed by atoms with E-state index in [4.69, 9.17) is 0 Å². The Morgan fingerprint density at radius 3 is 2.94 bits per heavy atom. The summed E-state index contributed by atoms with van der Waals surface area (Å²) in [7, 11) is 0. The van der Waals surface area contributed by atoms with Crippen molar-refractivity contribution in [1.29, 1.82) is 0 Å². The van der Waals surface area contributed by atoms with Gasteiger partial charge in [-0.15, -0.1) is 11.8 Å². The van der Waals surface area contributed by atoms with Gasteiger partial charge in [0.1, 0.15) is 5.84 Å². The van der Waals surface area contributed by atoms with Crippen LogP contribution in [0.25, 0.3) is 0 Å². The first kappa shape index (κ1) is 12.5. The fraction of sp³-hybridized carbons (Fsp3) is 0.500. The second-order valence-electron chi connectivity index (χ2n) is 4.20. The summed E-state index contributed by atoms with van der Waals surface area (Å²) >= 11 is 1.88. The van der Waals surface area contributed by atoms with Crippen molar-refractivity contribution in [3.63, 3.8) is 0 Å². The molecule has 0 spiro atoms. The molecule has 1 atom stereocenters. The van der Waals surface area contributed by atoms with E-state index in [1.54, 1.807) is 0 Å². The molecular weight excluding hydrogens is 228 g/mol. The van der Waals surface area contributed by atoms with E-state index in [-0.39, 0.29) is 0 Å². The maximum Gasteiger partial charge on any atom is 0.129 e. The van der Waals surface area contributed by atoms with Gasteiger partial charge >= 0.3 is 0 Å². The van der Waals surface area contributed by atoms with Gasteiger partial charge in [-0.05, 0) is 24.7 Å². The van der Waals surface area contributed by atoms with Gasteiger partial charge in [0.05, 0.1) is 0 Å². The van der Waals surface area contributed by atoms with Crippen LogP contribution >= 0.6 is 11.8 Å². The summed E-state index contributed by atoms with van der Waals surface area (Å²) in [6.45, 7) is 5.37. The first-order chi connectivity index (χ1) is 8.35. The van der Waals surface area contributed by atoms with Crippen LogP contribution in [-0.4, -0.2) is 24.2 Å². The van der Waals surface area contributed by atoms with Crippen LogP contribution in [-0.2, 0) is 0 Å². The van der Waals surface area contributed by atoms with Gasteiger partial charge in [0.2, 0.25) is 0 Å². The predicted octanol–water partition coefficient (Wildman–Crippen LogP) is 3.32. The zero-order valence-corrected chi connectivity index (χ0v) is 11.4. The van der Waals surface area contributed by atoms with Gasteiger partial charge in [-0.1, -0.05) is 32.0 Å². The molecule has 92 valence electrons. The molecular formula is C14H20N2S. The molecule has 1 N–H and O–H groups in total. The summed E-state index contributed by atoms with van der Waals surface area (Å²) in [5.41, 5.74) is 1.26. The van der Waals surface area contributed by atoms with Crippen molar-refractivity contribution in [2.75, 3.05) is 12.3 Å². The van der Waals surface area contributed by atoms with Crippen LogP contribution in [0, 0.1) is 0 Å². The van der Waals surface area contributed by atoms with Crippen molar-refractivity contribution in [3.8, 4) is 0 Å². The maximum absolute atomic E-state index is 4.63. The molecule has 1 unspecified atom stereocenters. The highest BCUT2D eigenvalue weighted by Gasteiger charge is 2.16. The fourth-order valence-electron chi connectivity index (χ4n) is 2.06. The molecule has 2 rings (SSSR count). The highest BCUT2D eigenvalue weighted by Crippen LogP contribution is 2.23. The predicted molar refractivity (Wildman–Crippen MR) is 76.1 cm³/mol. The van der Waals surface area contributed by atoms with Crippen LogP contribution < -0.4 is 5.32 Å². The van der Waals surface area contributed by atoms with Crippen molar-refractivity contribution >= 4 is 17.6 Å². The lowest BCUT2D eigenvalue weighted by atomic mass is 10.1. The standard InChI is InChI=1S/C14H20N2S/c1-3-11-9-10-15-14(16-11)12-7-5-6-8-13(12)17-4-2/h5-8,11H,3-4,9-10H2,1-2H3,(H,15,16). The average Bonchev–Trinajstić information content (AvgIpc) is 2.40. The molecule has 1 aliphatic rings. The molecule has 0 saturated heterocycles. The molecule has 0 bridgehead atoms. The van der Waals surface area contributed by atoms with Gasteiger partial charge in [0, 0.05) is 23.0 Å². The van der Waals surface area contributed by atoms with Gasteiger partial charge < -0.3 is 5.32 Å².